The topological polar surface area (TPSA) is 28.2 Å². The molecule has 0 spiro atoms. The highest BCUT2D eigenvalue weighted by Gasteiger charge is 2.29. The Morgan fingerprint density at radius 2 is 2.00 bits per heavy atom. The monoisotopic (exact) mass is 277 g/mol. The first-order valence-electron chi connectivity index (χ1n) is 7.88. The molecule has 19 heavy (non-hydrogen) atoms. The molecule has 1 aliphatic heterocycles. The van der Waals surface area contributed by atoms with Crippen molar-refractivity contribution in [2.75, 3.05) is 24.5 Å². The Kier molecular flexibility index (Phi) is 3.24. The Morgan fingerprint density at radius 3 is 2.79 bits per heavy atom. The van der Waals surface area contributed by atoms with Crippen LogP contribution < -0.4 is 10.2 Å². The molecule has 0 radical (unpaired) electrons. The number of hydrogen-bond donors (Lipinski definition) is 1. The van der Waals surface area contributed by atoms with Crippen LogP contribution in [0.15, 0.2) is 0 Å². The standard InChI is InChI=1S/C15H23N3S/c1-2-9-18(8-1)15-17-14-11(10-16-12-6-7-12)4-3-5-13(14)19-15/h11-12,16H,1-10H2. The first-order valence-corrected chi connectivity index (χ1v) is 8.70. The molecule has 1 unspecified atom stereocenters. The van der Waals surface area contributed by atoms with Crippen LogP contribution in [0.5, 0.6) is 0 Å². The maximum atomic E-state index is 5.02. The van der Waals surface area contributed by atoms with E-state index in [1.165, 1.54) is 68.9 Å². The molecule has 2 fully saturated rings. The highest BCUT2D eigenvalue weighted by Crippen LogP contribution is 2.38. The van der Waals surface area contributed by atoms with Crippen molar-refractivity contribution in [1.29, 1.82) is 0 Å². The number of nitrogens with one attached hydrogen (secondary N) is 1. The van der Waals surface area contributed by atoms with Gasteiger partial charge in [0.05, 0.1) is 5.69 Å². The summed E-state index contributed by atoms with van der Waals surface area (Å²) in [6.07, 6.45) is 9.40. The van der Waals surface area contributed by atoms with Gasteiger partial charge < -0.3 is 10.2 Å². The van der Waals surface area contributed by atoms with Crippen LogP contribution in [0.4, 0.5) is 5.13 Å². The number of hydrogen-bond acceptors (Lipinski definition) is 4. The summed E-state index contributed by atoms with van der Waals surface area (Å²) >= 11 is 1.97. The van der Waals surface area contributed by atoms with Gasteiger partial charge in [0.25, 0.3) is 0 Å². The molecule has 4 heteroatoms. The van der Waals surface area contributed by atoms with Crippen molar-refractivity contribution in [2.45, 2.75) is 56.9 Å². The Labute approximate surface area is 119 Å². The van der Waals surface area contributed by atoms with Crippen LogP contribution in [0.3, 0.4) is 0 Å². The van der Waals surface area contributed by atoms with Gasteiger partial charge in [0.2, 0.25) is 0 Å². The van der Waals surface area contributed by atoms with Crippen molar-refractivity contribution in [2.24, 2.45) is 0 Å². The summed E-state index contributed by atoms with van der Waals surface area (Å²) in [4.78, 5) is 9.09. The fourth-order valence-corrected chi connectivity index (χ4v) is 4.57. The van der Waals surface area contributed by atoms with Gasteiger partial charge in [-0.3, -0.25) is 0 Å². The smallest absolute Gasteiger partial charge is 0.185 e. The van der Waals surface area contributed by atoms with Crippen molar-refractivity contribution in [3.8, 4) is 0 Å². The zero-order valence-electron chi connectivity index (χ0n) is 11.5. The van der Waals surface area contributed by atoms with E-state index in [9.17, 15) is 0 Å². The predicted octanol–water partition coefficient (Wildman–Crippen LogP) is 2.92. The van der Waals surface area contributed by atoms with E-state index in [1.54, 1.807) is 4.88 Å². The van der Waals surface area contributed by atoms with Gasteiger partial charge in [-0.05, 0) is 44.9 Å². The minimum atomic E-state index is 0.678. The molecule has 3 nitrogen and oxygen atoms in total. The van der Waals surface area contributed by atoms with Crippen LogP contribution in [0.1, 0.15) is 55.0 Å². The summed E-state index contributed by atoms with van der Waals surface area (Å²) in [6, 6.07) is 0.821. The summed E-state index contributed by atoms with van der Waals surface area (Å²) in [5.41, 5.74) is 1.44. The van der Waals surface area contributed by atoms with E-state index in [1.807, 2.05) is 11.3 Å². The Morgan fingerprint density at radius 1 is 1.16 bits per heavy atom. The first kappa shape index (κ1) is 12.2. The molecule has 1 aromatic heterocycles. The fraction of sp³-hybridized carbons (Fsp3) is 0.800. The number of anilines is 1. The molecule has 1 saturated carbocycles. The van der Waals surface area contributed by atoms with E-state index in [-0.39, 0.29) is 0 Å². The first-order chi connectivity index (χ1) is 9.40. The molecule has 1 saturated heterocycles. The molecule has 104 valence electrons. The minimum Gasteiger partial charge on any atom is -0.348 e. The Bertz CT molecular complexity index is 446. The van der Waals surface area contributed by atoms with Crippen molar-refractivity contribution in [3.63, 3.8) is 0 Å². The van der Waals surface area contributed by atoms with Crippen molar-refractivity contribution >= 4 is 16.5 Å². The molecule has 1 atom stereocenters. The number of rotatable bonds is 4. The van der Waals surface area contributed by atoms with Crippen molar-refractivity contribution in [3.05, 3.63) is 10.6 Å². The van der Waals surface area contributed by atoms with Gasteiger partial charge >= 0.3 is 0 Å². The highest BCUT2D eigenvalue weighted by molar-refractivity contribution is 7.15. The van der Waals surface area contributed by atoms with Gasteiger partial charge in [-0.2, -0.15) is 0 Å². The second kappa shape index (κ2) is 5.06. The molecule has 1 N–H and O–H groups in total. The second-order valence-corrected chi connectivity index (χ2v) is 7.33. The molecule has 0 bridgehead atoms. The lowest BCUT2D eigenvalue weighted by atomic mass is 9.91. The lowest BCUT2D eigenvalue weighted by Crippen LogP contribution is -2.26. The zero-order valence-corrected chi connectivity index (χ0v) is 12.3. The normalized spacial score (nSPS) is 26.7. The number of thiazole rings is 1. The summed E-state index contributed by atoms with van der Waals surface area (Å²) in [7, 11) is 0. The Hall–Kier alpha value is -0.610. The third-order valence-electron chi connectivity index (χ3n) is 4.67. The van der Waals surface area contributed by atoms with E-state index in [0.29, 0.717) is 5.92 Å². The summed E-state index contributed by atoms with van der Waals surface area (Å²) in [5, 5.41) is 5.00. The van der Waals surface area contributed by atoms with Gasteiger partial charge in [-0.15, -0.1) is 11.3 Å². The molecular formula is C15H23N3S. The van der Waals surface area contributed by atoms with Crippen LogP contribution in [0, 0.1) is 0 Å². The third kappa shape index (κ3) is 2.52. The van der Waals surface area contributed by atoms with E-state index < -0.39 is 0 Å². The number of nitrogens with zero attached hydrogens (tertiary/aromatic N) is 2. The maximum Gasteiger partial charge on any atom is 0.185 e. The van der Waals surface area contributed by atoms with Crippen molar-refractivity contribution < 1.29 is 0 Å². The van der Waals surface area contributed by atoms with Crippen LogP contribution in [0.25, 0.3) is 0 Å². The molecule has 2 aliphatic carbocycles. The van der Waals surface area contributed by atoms with Crippen LogP contribution in [-0.2, 0) is 6.42 Å². The molecule has 0 amide bonds. The zero-order chi connectivity index (χ0) is 12.7. The predicted molar refractivity (Wildman–Crippen MR) is 80.3 cm³/mol. The Balaban J connectivity index is 1.51. The highest BCUT2D eigenvalue weighted by atomic mass is 32.1. The van der Waals surface area contributed by atoms with Gasteiger partial charge in [-0.25, -0.2) is 4.98 Å². The SMILES string of the molecule is C1Cc2sc(N3CCCC3)nc2C(CNC2CC2)C1. The lowest BCUT2D eigenvalue weighted by Gasteiger charge is -2.21. The molecular weight excluding hydrogens is 254 g/mol. The van der Waals surface area contributed by atoms with Crippen LogP contribution in [-0.4, -0.2) is 30.7 Å². The lowest BCUT2D eigenvalue weighted by molar-refractivity contribution is 0.500. The third-order valence-corrected chi connectivity index (χ3v) is 5.86. The molecule has 4 rings (SSSR count). The van der Waals surface area contributed by atoms with Gasteiger partial charge in [0, 0.05) is 36.5 Å². The summed E-state index contributed by atoms with van der Waals surface area (Å²) < 4.78 is 0. The van der Waals surface area contributed by atoms with Gasteiger partial charge in [-0.1, -0.05) is 0 Å². The van der Waals surface area contributed by atoms with E-state index in [2.05, 4.69) is 10.2 Å². The van der Waals surface area contributed by atoms with E-state index in [0.717, 1.165) is 12.6 Å². The number of aryl methyl sites for hydroxylation is 1. The summed E-state index contributed by atoms with van der Waals surface area (Å²) in [5.74, 6) is 0.678. The number of aromatic nitrogens is 1. The molecule has 1 aromatic rings. The largest absolute Gasteiger partial charge is 0.348 e. The second-order valence-electron chi connectivity index (χ2n) is 6.27. The van der Waals surface area contributed by atoms with Crippen LogP contribution >= 0.6 is 11.3 Å². The van der Waals surface area contributed by atoms with E-state index >= 15 is 0 Å². The van der Waals surface area contributed by atoms with Crippen molar-refractivity contribution in [1.82, 2.24) is 10.3 Å². The summed E-state index contributed by atoms with van der Waals surface area (Å²) in [6.45, 7) is 3.59. The van der Waals surface area contributed by atoms with Gasteiger partial charge in [0.1, 0.15) is 0 Å². The number of fused-ring (bicyclic) bond motifs is 1. The molecule has 2 heterocycles. The minimum absolute atomic E-state index is 0.678. The maximum absolute atomic E-state index is 5.02. The average molecular weight is 277 g/mol. The van der Waals surface area contributed by atoms with E-state index in [4.69, 9.17) is 4.98 Å². The fourth-order valence-electron chi connectivity index (χ4n) is 3.33. The van der Waals surface area contributed by atoms with Gasteiger partial charge in [0.15, 0.2) is 5.13 Å². The average Bonchev–Trinajstić information content (AvgIpc) is 2.94. The van der Waals surface area contributed by atoms with Crippen LogP contribution in [0.2, 0.25) is 0 Å². The molecule has 3 aliphatic rings. The molecule has 0 aromatic carbocycles. The quantitative estimate of drug-likeness (QED) is 0.917.